The first-order valence-electron chi connectivity index (χ1n) is 7.45. The molecule has 1 aliphatic rings. The van der Waals surface area contributed by atoms with Crippen molar-refractivity contribution in [3.05, 3.63) is 16.1 Å². The Balaban J connectivity index is 2.01. The second kappa shape index (κ2) is 6.02. The van der Waals surface area contributed by atoms with Crippen molar-refractivity contribution in [2.24, 2.45) is 5.73 Å². The van der Waals surface area contributed by atoms with Gasteiger partial charge in [-0.15, -0.1) is 11.3 Å². The molecule has 0 atom stereocenters. The standard InChI is InChI=1S/C15H26N4OS/c1-14(2)7-10(8-15(3,4)19-14)17-13(20)11-9-21-12(18-11)5-6-16/h9-10,19H,5-8,16H2,1-4H3,(H,17,20). The Bertz CT molecular complexity index is 494. The van der Waals surface area contributed by atoms with Crippen molar-refractivity contribution in [3.8, 4) is 0 Å². The highest BCUT2D eigenvalue weighted by Gasteiger charge is 2.38. The number of piperidine rings is 1. The fourth-order valence-corrected chi connectivity index (χ4v) is 4.13. The van der Waals surface area contributed by atoms with E-state index in [1.54, 1.807) is 0 Å². The average Bonchev–Trinajstić information content (AvgIpc) is 2.73. The minimum atomic E-state index is -0.0759. The van der Waals surface area contributed by atoms with Crippen LogP contribution >= 0.6 is 11.3 Å². The van der Waals surface area contributed by atoms with Crippen LogP contribution < -0.4 is 16.4 Å². The van der Waals surface area contributed by atoms with Crippen molar-refractivity contribution < 1.29 is 4.79 Å². The highest BCUT2D eigenvalue weighted by atomic mass is 32.1. The molecular weight excluding hydrogens is 284 g/mol. The molecule has 1 saturated heterocycles. The van der Waals surface area contributed by atoms with Gasteiger partial charge in [-0.3, -0.25) is 4.79 Å². The minimum Gasteiger partial charge on any atom is -0.348 e. The van der Waals surface area contributed by atoms with Gasteiger partial charge in [-0.25, -0.2) is 4.98 Å². The Morgan fingerprint density at radius 1 is 1.43 bits per heavy atom. The summed E-state index contributed by atoms with van der Waals surface area (Å²) < 4.78 is 0. The SMILES string of the molecule is CC1(C)CC(NC(=O)c2csc(CCN)n2)CC(C)(C)N1. The first kappa shape index (κ1) is 16.4. The van der Waals surface area contributed by atoms with Crippen molar-refractivity contribution >= 4 is 17.2 Å². The molecule has 2 rings (SSSR count). The summed E-state index contributed by atoms with van der Waals surface area (Å²) in [6, 6.07) is 0.170. The van der Waals surface area contributed by atoms with E-state index < -0.39 is 0 Å². The number of hydrogen-bond acceptors (Lipinski definition) is 5. The molecule has 0 saturated carbocycles. The van der Waals surface area contributed by atoms with Gasteiger partial charge in [0.1, 0.15) is 5.69 Å². The third kappa shape index (κ3) is 4.49. The van der Waals surface area contributed by atoms with Gasteiger partial charge in [-0.2, -0.15) is 0 Å². The molecule has 21 heavy (non-hydrogen) atoms. The molecule has 1 fully saturated rings. The monoisotopic (exact) mass is 310 g/mol. The molecule has 1 aromatic heterocycles. The molecule has 2 heterocycles. The number of nitrogens with one attached hydrogen (secondary N) is 2. The number of nitrogens with zero attached hydrogens (tertiary/aromatic N) is 1. The Kier molecular flexibility index (Phi) is 4.70. The van der Waals surface area contributed by atoms with Crippen molar-refractivity contribution in [2.45, 2.75) is 64.1 Å². The van der Waals surface area contributed by atoms with Crippen LogP contribution in [-0.2, 0) is 6.42 Å². The number of nitrogens with two attached hydrogens (primary N) is 1. The molecule has 0 aliphatic carbocycles. The quantitative estimate of drug-likeness (QED) is 0.790. The summed E-state index contributed by atoms with van der Waals surface area (Å²) in [5.74, 6) is -0.0759. The van der Waals surface area contributed by atoms with E-state index in [-0.39, 0.29) is 23.0 Å². The van der Waals surface area contributed by atoms with Gasteiger partial charge in [0, 0.05) is 28.9 Å². The molecule has 1 aliphatic heterocycles. The van der Waals surface area contributed by atoms with Crippen LogP contribution in [0.15, 0.2) is 5.38 Å². The number of amides is 1. The lowest BCUT2D eigenvalue weighted by Gasteiger charge is -2.46. The fraction of sp³-hybridized carbons (Fsp3) is 0.733. The van der Waals surface area contributed by atoms with Gasteiger partial charge in [0.05, 0.1) is 5.01 Å². The first-order valence-corrected chi connectivity index (χ1v) is 8.33. The van der Waals surface area contributed by atoms with E-state index in [0.29, 0.717) is 12.2 Å². The molecule has 6 heteroatoms. The lowest BCUT2D eigenvalue weighted by Crippen LogP contribution is -2.62. The Morgan fingerprint density at radius 2 is 2.05 bits per heavy atom. The summed E-state index contributed by atoms with van der Waals surface area (Å²) in [4.78, 5) is 16.7. The number of rotatable bonds is 4. The summed E-state index contributed by atoms with van der Waals surface area (Å²) in [7, 11) is 0. The van der Waals surface area contributed by atoms with Gasteiger partial charge < -0.3 is 16.4 Å². The minimum absolute atomic E-state index is 0.0203. The third-order valence-corrected chi connectivity index (χ3v) is 4.58. The van der Waals surface area contributed by atoms with Crippen LogP contribution in [0.2, 0.25) is 0 Å². The predicted octanol–water partition coefficient (Wildman–Crippen LogP) is 1.68. The first-order chi connectivity index (χ1) is 9.71. The Morgan fingerprint density at radius 3 is 2.62 bits per heavy atom. The summed E-state index contributed by atoms with van der Waals surface area (Å²) in [5.41, 5.74) is 6.07. The largest absolute Gasteiger partial charge is 0.348 e. The van der Waals surface area contributed by atoms with Crippen molar-refractivity contribution in [3.63, 3.8) is 0 Å². The molecule has 1 amide bonds. The maximum atomic E-state index is 12.3. The maximum Gasteiger partial charge on any atom is 0.270 e. The van der Waals surface area contributed by atoms with Gasteiger partial charge in [-0.1, -0.05) is 0 Å². The number of thiazole rings is 1. The van der Waals surface area contributed by atoms with E-state index in [9.17, 15) is 4.79 Å². The molecule has 0 bridgehead atoms. The van der Waals surface area contributed by atoms with Crippen LogP contribution in [0.3, 0.4) is 0 Å². The molecule has 5 nitrogen and oxygen atoms in total. The second-order valence-corrected chi connectivity index (χ2v) is 8.08. The third-order valence-electron chi connectivity index (χ3n) is 3.67. The van der Waals surface area contributed by atoms with E-state index in [4.69, 9.17) is 5.73 Å². The average molecular weight is 310 g/mol. The predicted molar refractivity (Wildman–Crippen MR) is 86.7 cm³/mol. The number of carbonyl (C=O) groups excluding carboxylic acids is 1. The summed E-state index contributed by atoms with van der Waals surface area (Å²) in [5, 5.41) is 9.49. The van der Waals surface area contributed by atoms with Crippen LogP contribution in [0.1, 0.15) is 56.0 Å². The van der Waals surface area contributed by atoms with Gasteiger partial charge in [0.25, 0.3) is 5.91 Å². The van der Waals surface area contributed by atoms with Crippen LogP contribution in [-0.4, -0.2) is 34.6 Å². The maximum absolute atomic E-state index is 12.3. The number of hydrogen-bond donors (Lipinski definition) is 3. The highest BCUT2D eigenvalue weighted by Crippen LogP contribution is 2.28. The van der Waals surface area contributed by atoms with Gasteiger partial charge in [0.2, 0.25) is 0 Å². The van der Waals surface area contributed by atoms with Gasteiger partial charge >= 0.3 is 0 Å². The van der Waals surface area contributed by atoms with E-state index in [0.717, 1.165) is 24.3 Å². The normalized spacial score (nSPS) is 21.2. The van der Waals surface area contributed by atoms with E-state index in [1.807, 2.05) is 5.38 Å². The van der Waals surface area contributed by atoms with E-state index in [2.05, 4.69) is 43.3 Å². The summed E-state index contributed by atoms with van der Waals surface area (Å²) in [6.45, 7) is 9.26. The van der Waals surface area contributed by atoms with Crippen molar-refractivity contribution in [1.29, 1.82) is 0 Å². The van der Waals surface area contributed by atoms with Gasteiger partial charge in [0.15, 0.2) is 0 Å². The smallest absolute Gasteiger partial charge is 0.270 e. The topological polar surface area (TPSA) is 80.0 Å². The molecule has 118 valence electrons. The van der Waals surface area contributed by atoms with Crippen LogP contribution in [0.25, 0.3) is 0 Å². The molecule has 0 spiro atoms. The van der Waals surface area contributed by atoms with Crippen molar-refractivity contribution in [2.75, 3.05) is 6.54 Å². The lowest BCUT2D eigenvalue weighted by molar-refractivity contribution is 0.0869. The molecule has 0 aromatic carbocycles. The molecule has 4 N–H and O–H groups in total. The molecular formula is C15H26N4OS. The fourth-order valence-electron chi connectivity index (χ4n) is 3.34. The molecule has 0 radical (unpaired) electrons. The van der Waals surface area contributed by atoms with Crippen LogP contribution in [0, 0.1) is 0 Å². The zero-order chi connectivity index (χ0) is 15.7. The van der Waals surface area contributed by atoms with E-state index >= 15 is 0 Å². The molecule has 1 aromatic rings. The molecule has 0 unspecified atom stereocenters. The van der Waals surface area contributed by atoms with Crippen LogP contribution in [0.4, 0.5) is 0 Å². The number of carbonyl (C=O) groups is 1. The second-order valence-electron chi connectivity index (χ2n) is 7.14. The summed E-state index contributed by atoms with van der Waals surface area (Å²) >= 11 is 1.50. The van der Waals surface area contributed by atoms with Gasteiger partial charge in [-0.05, 0) is 47.1 Å². The van der Waals surface area contributed by atoms with Crippen molar-refractivity contribution in [1.82, 2.24) is 15.6 Å². The lowest BCUT2D eigenvalue weighted by atomic mass is 9.79. The Labute approximate surface area is 130 Å². The summed E-state index contributed by atoms with van der Waals surface area (Å²) in [6.07, 6.45) is 2.56. The van der Waals surface area contributed by atoms with Crippen LogP contribution in [0.5, 0.6) is 0 Å². The number of aromatic nitrogens is 1. The zero-order valence-corrected chi connectivity index (χ0v) is 14.1. The Hall–Kier alpha value is -0.980. The zero-order valence-electron chi connectivity index (χ0n) is 13.3. The van der Waals surface area contributed by atoms with E-state index in [1.165, 1.54) is 11.3 Å². The highest BCUT2D eigenvalue weighted by molar-refractivity contribution is 7.09.